The van der Waals surface area contributed by atoms with E-state index in [0.717, 1.165) is 12.2 Å². The van der Waals surface area contributed by atoms with Crippen LogP contribution in [0, 0.1) is 0 Å². The number of nitrogens with zero attached hydrogens (tertiary/aromatic N) is 1. The van der Waals surface area contributed by atoms with Gasteiger partial charge in [-0.15, -0.1) is 0 Å². The molecular weight excluding hydrogens is 224 g/mol. The molecule has 0 saturated heterocycles. The van der Waals surface area contributed by atoms with E-state index in [-0.39, 0.29) is 12.0 Å². The lowest BCUT2D eigenvalue weighted by Gasteiger charge is -2.18. The van der Waals surface area contributed by atoms with Crippen LogP contribution < -0.4 is 10.5 Å². The molecule has 0 aliphatic carbocycles. The highest BCUT2D eigenvalue weighted by Crippen LogP contribution is 2.35. The summed E-state index contributed by atoms with van der Waals surface area (Å²) >= 11 is 0. The van der Waals surface area contributed by atoms with Gasteiger partial charge in [-0.25, -0.2) is 0 Å². The van der Waals surface area contributed by atoms with Gasteiger partial charge in [0.05, 0.1) is 6.61 Å². The molecule has 92 valence electrons. The van der Waals surface area contributed by atoms with Gasteiger partial charge in [-0.1, -0.05) is 18.2 Å². The van der Waals surface area contributed by atoms with Crippen LogP contribution in [0.1, 0.15) is 17.0 Å². The number of nitrogens with two attached hydrogens (primary N) is 1. The number of aromatic nitrogens is 1. The number of fused-ring (bicyclic) bond motifs is 1. The van der Waals surface area contributed by atoms with Crippen molar-refractivity contribution in [1.82, 2.24) is 4.98 Å². The maximum atomic E-state index is 6.33. The molecule has 1 aliphatic rings. The summed E-state index contributed by atoms with van der Waals surface area (Å²) in [6, 6.07) is 12.3. The van der Waals surface area contributed by atoms with Crippen LogP contribution >= 0.6 is 0 Å². The Labute approximate surface area is 107 Å². The second kappa shape index (κ2) is 4.78. The molecule has 2 unspecified atom stereocenters. The quantitative estimate of drug-likeness (QED) is 0.894. The lowest BCUT2D eigenvalue weighted by atomic mass is 9.90. The number of benzene rings is 1. The standard InChI is InChI=1S/C15H16N2O/c16-14(9-11-5-7-17-8-6-11)13-10-18-15-4-2-1-3-12(13)15/h1-8,13-14H,9-10,16H2. The average molecular weight is 240 g/mol. The van der Waals surface area contributed by atoms with Crippen molar-refractivity contribution in [3.05, 3.63) is 59.9 Å². The Hall–Kier alpha value is -1.87. The minimum Gasteiger partial charge on any atom is -0.493 e. The molecule has 1 aromatic carbocycles. The average Bonchev–Trinajstić information content (AvgIpc) is 2.84. The molecule has 2 aromatic rings. The molecule has 0 radical (unpaired) electrons. The van der Waals surface area contributed by atoms with E-state index in [1.807, 2.05) is 30.3 Å². The lowest BCUT2D eigenvalue weighted by Crippen LogP contribution is -2.31. The summed E-state index contributed by atoms with van der Waals surface area (Å²) in [5.41, 5.74) is 8.78. The van der Waals surface area contributed by atoms with Gasteiger partial charge in [-0.3, -0.25) is 4.98 Å². The van der Waals surface area contributed by atoms with E-state index >= 15 is 0 Å². The summed E-state index contributed by atoms with van der Waals surface area (Å²) in [7, 11) is 0. The van der Waals surface area contributed by atoms with E-state index in [1.54, 1.807) is 12.4 Å². The van der Waals surface area contributed by atoms with Crippen molar-refractivity contribution in [2.24, 2.45) is 5.73 Å². The van der Waals surface area contributed by atoms with Crippen LogP contribution in [0.5, 0.6) is 5.75 Å². The fourth-order valence-corrected chi connectivity index (χ4v) is 2.48. The monoisotopic (exact) mass is 240 g/mol. The van der Waals surface area contributed by atoms with Crippen LogP contribution in [0.15, 0.2) is 48.8 Å². The number of hydrogen-bond acceptors (Lipinski definition) is 3. The molecule has 1 aliphatic heterocycles. The molecule has 1 aromatic heterocycles. The predicted octanol–water partition coefficient (Wildman–Crippen LogP) is 2.13. The Bertz CT molecular complexity index is 527. The van der Waals surface area contributed by atoms with Crippen molar-refractivity contribution in [3.63, 3.8) is 0 Å². The maximum Gasteiger partial charge on any atom is 0.122 e. The first-order valence-corrected chi connectivity index (χ1v) is 6.21. The molecule has 0 saturated carbocycles. The zero-order chi connectivity index (χ0) is 12.4. The fraction of sp³-hybridized carbons (Fsp3) is 0.267. The number of hydrogen-bond donors (Lipinski definition) is 1. The molecule has 3 rings (SSSR count). The molecule has 2 heterocycles. The van der Waals surface area contributed by atoms with Crippen LogP contribution in [0.4, 0.5) is 0 Å². The van der Waals surface area contributed by atoms with Crippen molar-refractivity contribution >= 4 is 0 Å². The van der Waals surface area contributed by atoms with Gasteiger partial charge in [0.25, 0.3) is 0 Å². The Kier molecular flexibility index (Phi) is 2.99. The zero-order valence-electron chi connectivity index (χ0n) is 10.1. The van der Waals surface area contributed by atoms with Gasteiger partial charge in [0.15, 0.2) is 0 Å². The smallest absolute Gasteiger partial charge is 0.122 e. The van der Waals surface area contributed by atoms with Crippen molar-refractivity contribution in [3.8, 4) is 5.75 Å². The van der Waals surface area contributed by atoms with Gasteiger partial charge in [0.1, 0.15) is 5.75 Å². The third-order valence-electron chi connectivity index (χ3n) is 3.47. The highest BCUT2D eigenvalue weighted by Gasteiger charge is 2.28. The second-order valence-corrected chi connectivity index (χ2v) is 4.68. The fourth-order valence-electron chi connectivity index (χ4n) is 2.48. The van der Waals surface area contributed by atoms with E-state index < -0.39 is 0 Å². The molecule has 0 fully saturated rings. The van der Waals surface area contributed by atoms with E-state index in [2.05, 4.69) is 11.1 Å². The van der Waals surface area contributed by atoms with Crippen molar-refractivity contribution in [1.29, 1.82) is 0 Å². The van der Waals surface area contributed by atoms with Crippen molar-refractivity contribution in [2.75, 3.05) is 6.61 Å². The van der Waals surface area contributed by atoms with Crippen LogP contribution in [0.2, 0.25) is 0 Å². The molecule has 3 heteroatoms. The largest absolute Gasteiger partial charge is 0.493 e. The molecule has 0 bridgehead atoms. The number of ether oxygens (including phenoxy) is 1. The van der Waals surface area contributed by atoms with Gasteiger partial charge >= 0.3 is 0 Å². The number of rotatable bonds is 3. The van der Waals surface area contributed by atoms with Crippen LogP contribution in [0.3, 0.4) is 0 Å². The third-order valence-corrected chi connectivity index (χ3v) is 3.47. The minimum absolute atomic E-state index is 0.0797. The first-order valence-electron chi connectivity index (χ1n) is 6.21. The molecule has 2 N–H and O–H groups in total. The van der Waals surface area contributed by atoms with Crippen LogP contribution in [-0.2, 0) is 6.42 Å². The number of pyridine rings is 1. The maximum absolute atomic E-state index is 6.33. The highest BCUT2D eigenvalue weighted by molar-refractivity contribution is 5.40. The predicted molar refractivity (Wildman–Crippen MR) is 70.6 cm³/mol. The van der Waals surface area contributed by atoms with E-state index in [0.29, 0.717) is 6.61 Å². The van der Waals surface area contributed by atoms with Gasteiger partial charge in [-0.2, -0.15) is 0 Å². The molecule has 0 spiro atoms. The van der Waals surface area contributed by atoms with E-state index in [9.17, 15) is 0 Å². The lowest BCUT2D eigenvalue weighted by molar-refractivity contribution is 0.313. The molecule has 18 heavy (non-hydrogen) atoms. The summed E-state index contributed by atoms with van der Waals surface area (Å²) < 4.78 is 5.68. The molecule has 0 amide bonds. The second-order valence-electron chi connectivity index (χ2n) is 4.68. The Morgan fingerprint density at radius 3 is 2.83 bits per heavy atom. The topological polar surface area (TPSA) is 48.1 Å². The molecular formula is C15H16N2O. The van der Waals surface area contributed by atoms with Crippen LogP contribution in [-0.4, -0.2) is 17.6 Å². The molecule has 2 atom stereocenters. The SMILES string of the molecule is NC(Cc1ccncc1)C1COc2ccccc21. The van der Waals surface area contributed by atoms with Gasteiger partial charge in [0.2, 0.25) is 0 Å². The summed E-state index contributed by atoms with van der Waals surface area (Å²) in [5, 5.41) is 0. The first-order chi connectivity index (χ1) is 8.84. The zero-order valence-corrected chi connectivity index (χ0v) is 10.1. The summed E-state index contributed by atoms with van der Waals surface area (Å²) in [4.78, 5) is 4.02. The number of para-hydroxylation sites is 1. The minimum atomic E-state index is 0.0797. The first kappa shape index (κ1) is 11.2. The summed E-state index contributed by atoms with van der Waals surface area (Å²) in [6.45, 7) is 0.686. The Morgan fingerprint density at radius 1 is 1.22 bits per heavy atom. The Morgan fingerprint density at radius 2 is 2.00 bits per heavy atom. The van der Waals surface area contributed by atoms with Gasteiger partial charge in [-0.05, 0) is 30.2 Å². The van der Waals surface area contributed by atoms with Crippen LogP contribution in [0.25, 0.3) is 0 Å². The Balaban J connectivity index is 1.77. The highest BCUT2D eigenvalue weighted by atomic mass is 16.5. The summed E-state index contributed by atoms with van der Waals surface area (Å²) in [5.74, 6) is 1.27. The van der Waals surface area contributed by atoms with Gasteiger partial charge < -0.3 is 10.5 Å². The van der Waals surface area contributed by atoms with E-state index in [4.69, 9.17) is 10.5 Å². The van der Waals surface area contributed by atoms with Crippen molar-refractivity contribution in [2.45, 2.75) is 18.4 Å². The van der Waals surface area contributed by atoms with Gasteiger partial charge in [0, 0.05) is 29.9 Å². The third kappa shape index (κ3) is 2.09. The summed E-state index contributed by atoms with van der Waals surface area (Å²) in [6.07, 6.45) is 4.47. The van der Waals surface area contributed by atoms with E-state index in [1.165, 1.54) is 11.1 Å². The normalized spacial score (nSPS) is 19.1. The van der Waals surface area contributed by atoms with Crippen molar-refractivity contribution < 1.29 is 4.74 Å². The molecule has 3 nitrogen and oxygen atoms in total.